The number of nitrogens with zero attached hydrogens (tertiary/aromatic N) is 2. The molecule has 1 amide bonds. The van der Waals surface area contributed by atoms with E-state index in [4.69, 9.17) is 16.3 Å². The highest BCUT2D eigenvalue weighted by Gasteiger charge is 2.28. The first-order chi connectivity index (χ1) is 12.3. The molecule has 136 valence electrons. The molecule has 1 aromatic heterocycles. The first-order valence-electron chi connectivity index (χ1n) is 8.12. The summed E-state index contributed by atoms with van der Waals surface area (Å²) in [5.74, 6) is 0.646. The summed E-state index contributed by atoms with van der Waals surface area (Å²) in [6, 6.07) is 7.31. The van der Waals surface area contributed by atoms with Gasteiger partial charge < -0.3 is 20.1 Å². The molecule has 26 heavy (non-hydrogen) atoms. The molecule has 1 unspecified atom stereocenters. The number of pyridine rings is 1. The lowest BCUT2D eigenvalue weighted by atomic mass is 9.99. The van der Waals surface area contributed by atoms with Crippen molar-refractivity contribution in [3.05, 3.63) is 57.7 Å². The molecular formula is C19H20ClN3O3. The van der Waals surface area contributed by atoms with Gasteiger partial charge in [0.2, 0.25) is 12.2 Å². The molecule has 0 aliphatic carbocycles. The SMILES string of the molecule is CC1=C(c2ccc(Oc3nccc(C)c3Cl)cc2C)N(C)C(O)NC1=O. The van der Waals surface area contributed by atoms with Crippen LogP contribution in [0.5, 0.6) is 11.6 Å². The third kappa shape index (κ3) is 3.25. The number of halogens is 1. The molecule has 1 aliphatic heterocycles. The number of hydrogen-bond acceptors (Lipinski definition) is 5. The number of carbonyl (C=O) groups excluding carboxylic acids is 1. The zero-order valence-electron chi connectivity index (χ0n) is 15.0. The van der Waals surface area contributed by atoms with Crippen molar-refractivity contribution < 1.29 is 14.6 Å². The number of aromatic nitrogens is 1. The third-order valence-corrected chi connectivity index (χ3v) is 4.85. The van der Waals surface area contributed by atoms with Crippen molar-refractivity contribution >= 4 is 23.2 Å². The Labute approximate surface area is 157 Å². The number of aliphatic hydroxyl groups is 1. The molecule has 3 rings (SSSR count). The third-order valence-electron chi connectivity index (χ3n) is 4.39. The summed E-state index contributed by atoms with van der Waals surface area (Å²) in [7, 11) is 1.73. The molecule has 1 aliphatic rings. The number of amides is 1. The van der Waals surface area contributed by atoms with Crippen LogP contribution < -0.4 is 10.1 Å². The van der Waals surface area contributed by atoms with Crippen molar-refractivity contribution in [1.82, 2.24) is 15.2 Å². The highest BCUT2D eigenvalue weighted by atomic mass is 35.5. The van der Waals surface area contributed by atoms with Gasteiger partial charge in [0.05, 0.1) is 5.70 Å². The fourth-order valence-corrected chi connectivity index (χ4v) is 3.02. The second-order valence-electron chi connectivity index (χ2n) is 6.26. The van der Waals surface area contributed by atoms with Crippen molar-refractivity contribution in [2.45, 2.75) is 27.1 Å². The molecule has 1 aromatic carbocycles. The lowest BCUT2D eigenvalue weighted by Gasteiger charge is -2.34. The first kappa shape index (κ1) is 18.2. The number of rotatable bonds is 3. The van der Waals surface area contributed by atoms with Crippen molar-refractivity contribution in [2.24, 2.45) is 0 Å². The molecule has 0 saturated carbocycles. The number of aliphatic hydroxyl groups excluding tert-OH is 1. The summed E-state index contributed by atoms with van der Waals surface area (Å²) >= 11 is 6.23. The van der Waals surface area contributed by atoms with E-state index in [0.717, 1.165) is 16.7 Å². The first-order valence-corrected chi connectivity index (χ1v) is 8.50. The predicted octanol–water partition coefficient (Wildman–Crippen LogP) is 3.21. The molecule has 2 N–H and O–H groups in total. The lowest BCUT2D eigenvalue weighted by Crippen LogP contribution is -2.50. The van der Waals surface area contributed by atoms with Gasteiger partial charge in [-0.1, -0.05) is 11.6 Å². The minimum atomic E-state index is -1.06. The zero-order valence-corrected chi connectivity index (χ0v) is 15.8. The smallest absolute Gasteiger partial charge is 0.252 e. The lowest BCUT2D eigenvalue weighted by molar-refractivity contribution is -0.124. The topological polar surface area (TPSA) is 74.7 Å². The van der Waals surface area contributed by atoms with Crippen LogP contribution in [0.4, 0.5) is 0 Å². The molecule has 1 atom stereocenters. The quantitative estimate of drug-likeness (QED) is 0.864. The molecule has 2 heterocycles. The number of ether oxygens (including phenoxy) is 1. The fourth-order valence-electron chi connectivity index (χ4n) is 2.87. The van der Waals surface area contributed by atoms with Crippen LogP contribution >= 0.6 is 11.6 Å². The Kier molecular flexibility index (Phi) is 4.89. The minimum Gasteiger partial charge on any atom is -0.438 e. The van der Waals surface area contributed by atoms with E-state index in [2.05, 4.69) is 10.3 Å². The van der Waals surface area contributed by atoms with Crippen LogP contribution in [0.2, 0.25) is 5.02 Å². The monoisotopic (exact) mass is 373 g/mol. The van der Waals surface area contributed by atoms with Gasteiger partial charge in [-0.2, -0.15) is 0 Å². The largest absolute Gasteiger partial charge is 0.438 e. The van der Waals surface area contributed by atoms with Gasteiger partial charge in [0, 0.05) is 24.4 Å². The van der Waals surface area contributed by atoms with Gasteiger partial charge in [-0.3, -0.25) is 4.79 Å². The van der Waals surface area contributed by atoms with Crippen molar-refractivity contribution in [1.29, 1.82) is 0 Å². The van der Waals surface area contributed by atoms with E-state index < -0.39 is 6.35 Å². The van der Waals surface area contributed by atoms with Crippen LogP contribution in [0.1, 0.15) is 23.6 Å². The summed E-state index contributed by atoms with van der Waals surface area (Å²) < 4.78 is 5.81. The maximum atomic E-state index is 12.0. The van der Waals surface area contributed by atoms with E-state index in [1.165, 1.54) is 0 Å². The molecule has 2 aromatic rings. The number of nitrogens with one attached hydrogen (secondary N) is 1. The van der Waals surface area contributed by atoms with Crippen molar-refractivity contribution in [3.8, 4) is 11.6 Å². The van der Waals surface area contributed by atoms with Crippen LogP contribution in [0, 0.1) is 13.8 Å². The number of benzene rings is 1. The van der Waals surface area contributed by atoms with Gasteiger partial charge in [-0.25, -0.2) is 4.98 Å². The van der Waals surface area contributed by atoms with E-state index >= 15 is 0 Å². The van der Waals surface area contributed by atoms with E-state index in [9.17, 15) is 9.90 Å². The molecule has 0 bridgehead atoms. The fraction of sp³-hybridized carbons (Fsp3) is 0.263. The highest BCUT2D eigenvalue weighted by Crippen LogP contribution is 2.33. The second kappa shape index (κ2) is 6.97. The van der Waals surface area contributed by atoms with Crippen molar-refractivity contribution in [2.75, 3.05) is 7.05 Å². The maximum Gasteiger partial charge on any atom is 0.252 e. The van der Waals surface area contributed by atoms with Gasteiger partial charge in [-0.05, 0) is 56.2 Å². The number of carbonyl (C=O) groups is 1. The van der Waals surface area contributed by atoms with Crippen LogP contribution in [0.15, 0.2) is 36.0 Å². The number of hydrogen-bond donors (Lipinski definition) is 2. The predicted molar refractivity (Wildman–Crippen MR) is 99.7 cm³/mol. The Morgan fingerprint density at radius 1 is 1.23 bits per heavy atom. The van der Waals surface area contributed by atoms with Crippen molar-refractivity contribution in [3.63, 3.8) is 0 Å². The molecular weight excluding hydrogens is 354 g/mol. The molecule has 0 spiro atoms. The summed E-state index contributed by atoms with van der Waals surface area (Å²) in [6.45, 7) is 5.53. The Balaban J connectivity index is 1.97. The molecule has 0 saturated heterocycles. The molecule has 0 radical (unpaired) electrons. The maximum absolute atomic E-state index is 12.0. The van der Waals surface area contributed by atoms with Crippen LogP contribution in [0.25, 0.3) is 5.70 Å². The Morgan fingerprint density at radius 3 is 2.65 bits per heavy atom. The van der Waals surface area contributed by atoms with E-state index in [1.807, 2.05) is 32.0 Å². The standard InChI is InChI=1S/C19H20ClN3O3/c1-10-7-8-21-18(15(10)20)26-13-5-6-14(11(2)9-13)16-12(3)17(24)22-19(25)23(16)4/h5-9,19,25H,1-4H3,(H,22,24). The van der Waals surface area contributed by atoms with Gasteiger partial charge in [0.25, 0.3) is 5.91 Å². The van der Waals surface area contributed by atoms with E-state index in [1.54, 1.807) is 31.1 Å². The molecule has 6 nitrogen and oxygen atoms in total. The average molecular weight is 374 g/mol. The minimum absolute atomic E-state index is 0.291. The van der Waals surface area contributed by atoms with Gasteiger partial charge >= 0.3 is 0 Å². The van der Waals surface area contributed by atoms with E-state index in [-0.39, 0.29) is 5.91 Å². The summed E-state index contributed by atoms with van der Waals surface area (Å²) in [5.41, 5.74) is 3.84. The van der Waals surface area contributed by atoms with E-state index in [0.29, 0.717) is 27.9 Å². The number of aryl methyl sites for hydroxylation is 2. The zero-order chi connectivity index (χ0) is 19.0. The summed E-state index contributed by atoms with van der Waals surface area (Å²) in [5, 5.41) is 13.0. The highest BCUT2D eigenvalue weighted by molar-refractivity contribution is 6.32. The molecule has 0 fully saturated rings. The van der Waals surface area contributed by atoms with Gasteiger partial charge in [0.1, 0.15) is 10.8 Å². The second-order valence-corrected chi connectivity index (χ2v) is 6.64. The normalized spacial score (nSPS) is 17.4. The Morgan fingerprint density at radius 2 is 1.96 bits per heavy atom. The Hall–Kier alpha value is -2.57. The summed E-state index contributed by atoms with van der Waals surface area (Å²) in [4.78, 5) is 17.8. The Bertz CT molecular complexity index is 911. The van der Waals surface area contributed by atoms with Crippen LogP contribution in [0.3, 0.4) is 0 Å². The van der Waals surface area contributed by atoms with Crippen LogP contribution in [-0.2, 0) is 4.79 Å². The average Bonchev–Trinajstić information content (AvgIpc) is 2.59. The summed E-state index contributed by atoms with van der Waals surface area (Å²) in [6.07, 6.45) is 0.579. The molecule has 7 heteroatoms. The van der Waals surface area contributed by atoms with Gasteiger partial charge in [0.15, 0.2) is 0 Å². The van der Waals surface area contributed by atoms with Crippen LogP contribution in [-0.4, -0.2) is 34.3 Å². The van der Waals surface area contributed by atoms with Gasteiger partial charge in [-0.15, -0.1) is 0 Å².